The minimum atomic E-state index is -0.238. The second kappa shape index (κ2) is 9.50. The summed E-state index contributed by atoms with van der Waals surface area (Å²) in [7, 11) is 1.40. The smallest absolute Gasteiger partial charge is 0.309 e. The fourth-order valence-electron chi connectivity index (χ4n) is 1.72. The number of methoxy groups -OCH3 is 1. The van der Waals surface area contributed by atoms with Crippen molar-refractivity contribution >= 4 is 5.97 Å². The van der Waals surface area contributed by atoms with E-state index in [-0.39, 0.29) is 12.4 Å². The Morgan fingerprint density at radius 1 is 1.10 bits per heavy atom. The largest absolute Gasteiger partial charge is 0.469 e. The highest BCUT2D eigenvalue weighted by Crippen LogP contribution is 2.11. The predicted molar refractivity (Wildman–Crippen MR) is 77.5 cm³/mol. The number of hydrogen-bond acceptors (Lipinski definition) is 4. The van der Waals surface area contributed by atoms with Crippen molar-refractivity contribution in [3.05, 3.63) is 35.4 Å². The van der Waals surface area contributed by atoms with Crippen LogP contribution in [0.3, 0.4) is 0 Å². The van der Waals surface area contributed by atoms with Crippen molar-refractivity contribution in [2.75, 3.05) is 26.9 Å². The van der Waals surface area contributed by atoms with Gasteiger partial charge in [0.05, 0.1) is 33.4 Å². The van der Waals surface area contributed by atoms with Gasteiger partial charge in [-0.15, -0.1) is 0 Å². The molecule has 0 unspecified atom stereocenters. The monoisotopic (exact) mass is 280 g/mol. The number of esters is 1. The maximum absolute atomic E-state index is 11.3. The molecule has 0 N–H and O–H groups in total. The predicted octanol–water partition coefficient (Wildman–Crippen LogP) is 2.59. The third kappa shape index (κ3) is 6.68. The first-order valence-corrected chi connectivity index (χ1v) is 6.92. The molecule has 0 amide bonds. The fourth-order valence-corrected chi connectivity index (χ4v) is 1.72. The van der Waals surface area contributed by atoms with Crippen LogP contribution < -0.4 is 0 Å². The highest BCUT2D eigenvalue weighted by Gasteiger charge is 2.07. The van der Waals surface area contributed by atoms with Gasteiger partial charge in [0, 0.05) is 6.61 Å². The summed E-state index contributed by atoms with van der Waals surface area (Å²) in [6.07, 6.45) is 0.278. The van der Waals surface area contributed by atoms with E-state index in [9.17, 15) is 4.79 Å². The molecule has 20 heavy (non-hydrogen) atoms. The zero-order valence-corrected chi connectivity index (χ0v) is 12.6. The molecule has 0 radical (unpaired) electrons. The van der Waals surface area contributed by atoms with Crippen LogP contribution in [0, 0.1) is 5.92 Å². The van der Waals surface area contributed by atoms with Gasteiger partial charge in [0.15, 0.2) is 0 Å². The van der Waals surface area contributed by atoms with E-state index in [1.807, 2.05) is 24.3 Å². The van der Waals surface area contributed by atoms with Crippen molar-refractivity contribution in [3.63, 3.8) is 0 Å². The molecule has 0 spiro atoms. The minimum Gasteiger partial charge on any atom is -0.469 e. The lowest BCUT2D eigenvalue weighted by atomic mass is 10.1. The maximum Gasteiger partial charge on any atom is 0.309 e. The molecule has 0 heterocycles. The number of benzene rings is 1. The number of ether oxygens (including phenoxy) is 3. The standard InChI is InChI=1S/C16H24O4/c1-13(2)11-19-8-9-20-12-15-7-5-4-6-14(15)10-16(17)18-3/h4-7,13H,8-12H2,1-3H3. The lowest BCUT2D eigenvalue weighted by Crippen LogP contribution is -2.10. The van der Waals surface area contributed by atoms with E-state index in [4.69, 9.17) is 9.47 Å². The molecule has 0 atom stereocenters. The zero-order valence-electron chi connectivity index (χ0n) is 12.6. The highest BCUT2D eigenvalue weighted by molar-refractivity contribution is 5.72. The topological polar surface area (TPSA) is 44.8 Å². The Morgan fingerprint density at radius 3 is 2.40 bits per heavy atom. The average Bonchev–Trinajstić information content (AvgIpc) is 2.43. The van der Waals surface area contributed by atoms with Gasteiger partial charge in [-0.1, -0.05) is 38.1 Å². The van der Waals surface area contributed by atoms with E-state index in [1.54, 1.807) is 0 Å². The molecule has 0 aromatic heterocycles. The van der Waals surface area contributed by atoms with Crippen molar-refractivity contribution in [1.29, 1.82) is 0 Å². The lowest BCUT2D eigenvalue weighted by molar-refractivity contribution is -0.139. The van der Waals surface area contributed by atoms with Gasteiger partial charge in [-0.25, -0.2) is 0 Å². The van der Waals surface area contributed by atoms with Gasteiger partial charge in [-0.05, 0) is 17.0 Å². The number of hydrogen-bond donors (Lipinski definition) is 0. The minimum absolute atomic E-state index is 0.238. The van der Waals surface area contributed by atoms with Gasteiger partial charge >= 0.3 is 5.97 Å². The molecule has 4 heteroatoms. The SMILES string of the molecule is COC(=O)Cc1ccccc1COCCOCC(C)C. The highest BCUT2D eigenvalue weighted by atomic mass is 16.5. The molecule has 0 aliphatic carbocycles. The Hall–Kier alpha value is -1.39. The normalized spacial score (nSPS) is 10.8. The second-order valence-corrected chi connectivity index (χ2v) is 5.04. The summed E-state index contributed by atoms with van der Waals surface area (Å²) in [4.78, 5) is 11.3. The summed E-state index contributed by atoms with van der Waals surface area (Å²) in [5, 5.41) is 0. The summed E-state index contributed by atoms with van der Waals surface area (Å²) >= 11 is 0. The first-order valence-electron chi connectivity index (χ1n) is 6.92. The first kappa shape index (κ1) is 16.7. The van der Waals surface area contributed by atoms with Crippen molar-refractivity contribution in [1.82, 2.24) is 0 Å². The van der Waals surface area contributed by atoms with Crippen LogP contribution in [-0.2, 0) is 32.0 Å². The number of carbonyl (C=O) groups excluding carboxylic acids is 1. The van der Waals surface area contributed by atoms with E-state index in [0.717, 1.165) is 17.7 Å². The van der Waals surface area contributed by atoms with Crippen molar-refractivity contribution < 1.29 is 19.0 Å². The summed E-state index contributed by atoms with van der Waals surface area (Å²) in [5.41, 5.74) is 1.96. The number of rotatable bonds is 9. The third-order valence-corrected chi connectivity index (χ3v) is 2.76. The van der Waals surface area contributed by atoms with E-state index in [1.165, 1.54) is 7.11 Å². The van der Waals surface area contributed by atoms with Crippen LogP contribution in [0.5, 0.6) is 0 Å². The Bertz CT molecular complexity index is 401. The van der Waals surface area contributed by atoms with Gasteiger partial charge in [0.25, 0.3) is 0 Å². The van der Waals surface area contributed by atoms with Crippen molar-refractivity contribution in [2.45, 2.75) is 26.9 Å². The van der Waals surface area contributed by atoms with Crippen LogP contribution in [-0.4, -0.2) is 32.9 Å². The fraction of sp³-hybridized carbons (Fsp3) is 0.562. The lowest BCUT2D eigenvalue weighted by Gasteiger charge is -2.10. The zero-order chi connectivity index (χ0) is 14.8. The maximum atomic E-state index is 11.3. The van der Waals surface area contributed by atoms with Crippen LogP contribution in [0.2, 0.25) is 0 Å². The van der Waals surface area contributed by atoms with Crippen LogP contribution >= 0.6 is 0 Å². The summed E-state index contributed by atoms with van der Waals surface area (Å²) in [6, 6.07) is 7.74. The summed E-state index contributed by atoms with van der Waals surface area (Å²) in [6.45, 7) is 6.62. The van der Waals surface area contributed by atoms with E-state index in [2.05, 4.69) is 18.6 Å². The molecule has 0 bridgehead atoms. The average molecular weight is 280 g/mol. The van der Waals surface area contributed by atoms with Crippen molar-refractivity contribution in [3.8, 4) is 0 Å². The Morgan fingerprint density at radius 2 is 1.75 bits per heavy atom. The van der Waals surface area contributed by atoms with Crippen LogP contribution in [0.15, 0.2) is 24.3 Å². The molecule has 0 saturated heterocycles. The van der Waals surface area contributed by atoms with E-state index < -0.39 is 0 Å². The molecule has 0 aliphatic heterocycles. The molecule has 0 saturated carbocycles. The number of carbonyl (C=O) groups is 1. The molecule has 1 aromatic rings. The van der Waals surface area contributed by atoms with Gasteiger partial charge in [0.2, 0.25) is 0 Å². The molecule has 112 valence electrons. The Labute approximate surface area is 121 Å². The molecule has 1 rings (SSSR count). The molecular formula is C16H24O4. The summed E-state index contributed by atoms with van der Waals surface area (Å²) < 4.78 is 15.7. The van der Waals surface area contributed by atoms with Crippen molar-refractivity contribution in [2.24, 2.45) is 5.92 Å². The molecule has 0 fully saturated rings. The molecular weight excluding hydrogens is 256 g/mol. The Kier molecular flexibility index (Phi) is 7.92. The molecule has 4 nitrogen and oxygen atoms in total. The molecule has 1 aromatic carbocycles. The van der Waals surface area contributed by atoms with Crippen LogP contribution in [0.25, 0.3) is 0 Å². The van der Waals surface area contributed by atoms with E-state index >= 15 is 0 Å². The van der Waals surface area contributed by atoms with Gasteiger partial charge in [-0.2, -0.15) is 0 Å². The van der Waals surface area contributed by atoms with Crippen LogP contribution in [0.4, 0.5) is 0 Å². The quantitative estimate of drug-likeness (QED) is 0.515. The van der Waals surface area contributed by atoms with Gasteiger partial charge in [0.1, 0.15) is 0 Å². The third-order valence-electron chi connectivity index (χ3n) is 2.76. The van der Waals surface area contributed by atoms with E-state index in [0.29, 0.717) is 25.7 Å². The second-order valence-electron chi connectivity index (χ2n) is 5.04. The Balaban J connectivity index is 2.34. The summed E-state index contributed by atoms with van der Waals surface area (Å²) in [5.74, 6) is 0.300. The first-order chi connectivity index (χ1) is 9.63. The van der Waals surface area contributed by atoms with Gasteiger partial charge in [-0.3, -0.25) is 4.79 Å². The molecule has 0 aliphatic rings. The van der Waals surface area contributed by atoms with Crippen LogP contribution in [0.1, 0.15) is 25.0 Å². The van der Waals surface area contributed by atoms with Gasteiger partial charge < -0.3 is 14.2 Å².